The molecule has 0 unspecified atom stereocenters. The van der Waals surface area contributed by atoms with Crippen LogP contribution < -0.4 is 0 Å². The van der Waals surface area contributed by atoms with Crippen LogP contribution in [0.3, 0.4) is 0 Å². The van der Waals surface area contributed by atoms with Crippen LogP contribution in [0.5, 0.6) is 0 Å². The Kier molecular flexibility index (Phi) is 3.35. The summed E-state index contributed by atoms with van der Waals surface area (Å²) in [6.07, 6.45) is 0.454. The van der Waals surface area contributed by atoms with Crippen molar-refractivity contribution < 1.29 is 14.3 Å². The normalized spacial score (nSPS) is 11.0. The molecule has 0 fully saturated rings. The Morgan fingerprint density at radius 2 is 2.14 bits per heavy atom. The molecular formula is C15H10ClFN2O2. The second kappa shape index (κ2) is 5.18. The van der Waals surface area contributed by atoms with Crippen LogP contribution in [0.2, 0.25) is 5.02 Å². The smallest absolute Gasteiger partial charge is 0.338 e. The average Bonchev–Trinajstić information content (AvgIpc) is 2.79. The molecule has 2 N–H and O–H groups in total. The number of H-pyrrole nitrogens is 1. The number of halogens is 2. The van der Waals surface area contributed by atoms with Crippen LogP contribution in [0, 0.1) is 5.82 Å². The largest absolute Gasteiger partial charge is 0.478 e. The molecule has 4 nitrogen and oxygen atoms in total. The lowest BCUT2D eigenvalue weighted by Gasteiger charge is -1.98. The van der Waals surface area contributed by atoms with E-state index in [2.05, 4.69) is 9.97 Å². The van der Waals surface area contributed by atoms with E-state index in [0.717, 1.165) is 11.6 Å². The zero-order valence-electron chi connectivity index (χ0n) is 10.7. The summed E-state index contributed by atoms with van der Waals surface area (Å²) in [5.74, 6) is -1.27. The minimum absolute atomic E-state index is 0.154. The summed E-state index contributed by atoms with van der Waals surface area (Å²) >= 11 is 5.92. The number of aromatic amines is 1. The lowest BCUT2D eigenvalue weighted by Crippen LogP contribution is -1.98. The second-order valence-electron chi connectivity index (χ2n) is 4.64. The fourth-order valence-corrected chi connectivity index (χ4v) is 2.43. The summed E-state index contributed by atoms with van der Waals surface area (Å²) in [5.41, 5.74) is 1.39. The van der Waals surface area contributed by atoms with Gasteiger partial charge in [-0.25, -0.2) is 14.2 Å². The van der Waals surface area contributed by atoms with Crippen LogP contribution in [0.4, 0.5) is 4.39 Å². The molecule has 3 rings (SSSR count). The van der Waals surface area contributed by atoms with E-state index in [4.69, 9.17) is 16.7 Å². The lowest BCUT2D eigenvalue weighted by atomic mass is 10.1. The molecular weight excluding hydrogens is 295 g/mol. The zero-order valence-corrected chi connectivity index (χ0v) is 11.5. The first-order valence-electron chi connectivity index (χ1n) is 6.19. The van der Waals surface area contributed by atoms with Crippen molar-refractivity contribution in [1.82, 2.24) is 9.97 Å². The number of fused-ring (bicyclic) bond motifs is 1. The monoisotopic (exact) mass is 304 g/mol. The van der Waals surface area contributed by atoms with E-state index in [0.29, 0.717) is 22.8 Å². The first kappa shape index (κ1) is 13.6. The number of aromatic nitrogens is 2. The maximum Gasteiger partial charge on any atom is 0.338 e. The van der Waals surface area contributed by atoms with Crippen LogP contribution >= 0.6 is 11.6 Å². The fraction of sp³-hybridized carbons (Fsp3) is 0.0667. The molecule has 0 saturated heterocycles. The van der Waals surface area contributed by atoms with Gasteiger partial charge >= 0.3 is 5.97 Å². The average molecular weight is 305 g/mol. The third-order valence-electron chi connectivity index (χ3n) is 3.09. The van der Waals surface area contributed by atoms with E-state index < -0.39 is 11.8 Å². The quantitative estimate of drug-likeness (QED) is 0.776. The van der Waals surface area contributed by atoms with Crippen molar-refractivity contribution in [3.63, 3.8) is 0 Å². The van der Waals surface area contributed by atoms with Crippen LogP contribution in [-0.4, -0.2) is 21.0 Å². The molecule has 106 valence electrons. The summed E-state index contributed by atoms with van der Waals surface area (Å²) in [4.78, 5) is 18.3. The number of hydrogen-bond donors (Lipinski definition) is 2. The van der Waals surface area contributed by atoms with Gasteiger partial charge < -0.3 is 10.1 Å². The summed E-state index contributed by atoms with van der Waals surface area (Å²) in [5, 5.41) is 9.72. The van der Waals surface area contributed by atoms with Crippen molar-refractivity contribution in [2.75, 3.05) is 0 Å². The third kappa shape index (κ3) is 2.73. The Balaban J connectivity index is 2.05. The van der Waals surface area contributed by atoms with E-state index in [1.165, 1.54) is 6.07 Å². The summed E-state index contributed by atoms with van der Waals surface area (Å²) in [7, 11) is 0. The highest BCUT2D eigenvalue weighted by Crippen LogP contribution is 2.21. The molecule has 0 aliphatic rings. The molecule has 6 heteroatoms. The zero-order chi connectivity index (χ0) is 15.0. The predicted octanol–water partition coefficient (Wildman–Crippen LogP) is 3.64. The van der Waals surface area contributed by atoms with Crippen LogP contribution in [0.25, 0.3) is 11.0 Å². The number of nitrogens with zero attached hydrogens (tertiary/aromatic N) is 1. The van der Waals surface area contributed by atoms with Crippen molar-refractivity contribution in [2.45, 2.75) is 6.42 Å². The first-order valence-corrected chi connectivity index (χ1v) is 6.56. The minimum atomic E-state index is -1.21. The van der Waals surface area contributed by atoms with E-state index in [1.807, 2.05) is 12.1 Å². The van der Waals surface area contributed by atoms with Crippen molar-refractivity contribution >= 4 is 28.6 Å². The van der Waals surface area contributed by atoms with Crippen molar-refractivity contribution in [3.05, 3.63) is 64.2 Å². The van der Waals surface area contributed by atoms with Crippen molar-refractivity contribution in [1.29, 1.82) is 0 Å². The van der Waals surface area contributed by atoms with E-state index in [9.17, 15) is 9.18 Å². The van der Waals surface area contributed by atoms with Crippen LogP contribution in [0.15, 0.2) is 36.4 Å². The van der Waals surface area contributed by atoms with Gasteiger partial charge in [0.25, 0.3) is 0 Å². The topological polar surface area (TPSA) is 66.0 Å². The predicted molar refractivity (Wildman–Crippen MR) is 77.3 cm³/mol. The maximum atomic E-state index is 13.4. The van der Waals surface area contributed by atoms with E-state index in [1.54, 1.807) is 12.1 Å². The van der Waals surface area contributed by atoms with Gasteiger partial charge in [0.15, 0.2) is 0 Å². The molecule has 0 atom stereocenters. The molecule has 0 aliphatic carbocycles. The van der Waals surface area contributed by atoms with Gasteiger partial charge in [-0.1, -0.05) is 23.7 Å². The van der Waals surface area contributed by atoms with Crippen LogP contribution in [0.1, 0.15) is 21.7 Å². The van der Waals surface area contributed by atoms with Gasteiger partial charge in [-0.05, 0) is 29.8 Å². The number of hydrogen-bond acceptors (Lipinski definition) is 2. The molecule has 21 heavy (non-hydrogen) atoms. The van der Waals surface area contributed by atoms with Gasteiger partial charge in [-0.2, -0.15) is 0 Å². The molecule has 2 aromatic carbocycles. The minimum Gasteiger partial charge on any atom is -0.478 e. The molecule has 1 heterocycles. The first-order chi connectivity index (χ1) is 10.0. The number of nitrogens with one attached hydrogen (secondary N) is 1. The van der Waals surface area contributed by atoms with Crippen LogP contribution in [-0.2, 0) is 6.42 Å². The molecule has 0 saturated carbocycles. The Bertz CT molecular complexity index is 845. The van der Waals surface area contributed by atoms with Crippen molar-refractivity contribution in [3.8, 4) is 0 Å². The molecule has 0 spiro atoms. The number of aromatic carboxylic acids is 1. The number of carboxylic acid groups (broad SMARTS) is 1. The number of benzene rings is 2. The lowest BCUT2D eigenvalue weighted by molar-refractivity contribution is 0.0698. The summed E-state index contributed by atoms with van der Waals surface area (Å²) in [6, 6.07) is 9.47. The fourth-order valence-electron chi connectivity index (χ4n) is 2.22. The maximum absolute atomic E-state index is 13.4. The van der Waals surface area contributed by atoms with Gasteiger partial charge in [0.2, 0.25) is 0 Å². The molecule has 3 aromatic rings. The Morgan fingerprint density at radius 3 is 2.86 bits per heavy atom. The second-order valence-corrected chi connectivity index (χ2v) is 5.08. The molecule has 0 radical (unpaired) electrons. The summed E-state index contributed by atoms with van der Waals surface area (Å²) < 4.78 is 13.4. The van der Waals surface area contributed by atoms with E-state index in [-0.39, 0.29) is 11.1 Å². The van der Waals surface area contributed by atoms with Crippen molar-refractivity contribution in [2.24, 2.45) is 0 Å². The Hall–Kier alpha value is -2.40. The molecule has 1 aromatic heterocycles. The Labute approximate surface area is 124 Å². The third-order valence-corrected chi connectivity index (χ3v) is 3.33. The Morgan fingerprint density at radius 1 is 1.33 bits per heavy atom. The number of carbonyl (C=O) groups is 1. The molecule has 0 aliphatic heterocycles. The highest BCUT2D eigenvalue weighted by atomic mass is 35.5. The SMILES string of the molecule is O=C(O)c1cc(F)cc2[nH]c(Cc3cccc(Cl)c3)nc12. The van der Waals surface area contributed by atoms with Gasteiger partial charge in [0.05, 0.1) is 11.1 Å². The number of rotatable bonds is 3. The van der Waals surface area contributed by atoms with Gasteiger partial charge in [-0.3, -0.25) is 0 Å². The number of carboxylic acids is 1. The highest BCUT2D eigenvalue weighted by Gasteiger charge is 2.15. The number of imidazole rings is 1. The standard InChI is InChI=1S/C15H10ClFN2O2/c16-9-3-1-2-8(4-9)5-13-18-12-7-10(17)6-11(15(20)21)14(12)19-13/h1-4,6-7H,5H2,(H,18,19)(H,20,21). The molecule has 0 bridgehead atoms. The van der Waals surface area contributed by atoms with Gasteiger partial charge in [0, 0.05) is 11.4 Å². The van der Waals surface area contributed by atoms with E-state index >= 15 is 0 Å². The van der Waals surface area contributed by atoms with Gasteiger partial charge in [0.1, 0.15) is 17.2 Å². The molecule has 0 amide bonds. The van der Waals surface area contributed by atoms with Gasteiger partial charge in [-0.15, -0.1) is 0 Å². The highest BCUT2D eigenvalue weighted by molar-refractivity contribution is 6.30. The summed E-state index contributed by atoms with van der Waals surface area (Å²) in [6.45, 7) is 0.